The van der Waals surface area contributed by atoms with E-state index in [0.29, 0.717) is 20.5 Å². The summed E-state index contributed by atoms with van der Waals surface area (Å²) in [5, 5.41) is 6.62. The molecule has 92 valence electrons. The third kappa shape index (κ3) is 3.10. The molecule has 0 aliphatic heterocycles. The van der Waals surface area contributed by atoms with Gasteiger partial charge in [-0.15, -0.1) is 11.3 Å². The van der Waals surface area contributed by atoms with Crippen molar-refractivity contribution in [3.8, 4) is 0 Å². The molecule has 0 aliphatic rings. The van der Waals surface area contributed by atoms with Gasteiger partial charge in [-0.3, -0.25) is 4.79 Å². The number of carbonyl (C=O) groups excluding carboxylic acids is 1. The molecule has 0 fully saturated rings. The van der Waals surface area contributed by atoms with Gasteiger partial charge < -0.3 is 0 Å². The van der Waals surface area contributed by atoms with Gasteiger partial charge in [-0.05, 0) is 23.6 Å². The summed E-state index contributed by atoms with van der Waals surface area (Å²) in [5.41, 5.74) is 2.99. The number of hydrazone groups is 1. The van der Waals surface area contributed by atoms with Crippen molar-refractivity contribution in [3.05, 3.63) is 56.2 Å². The van der Waals surface area contributed by atoms with Gasteiger partial charge in [0.15, 0.2) is 0 Å². The van der Waals surface area contributed by atoms with E-state index in [1.54, 1.807) is 30.3 Å². The van der Waals surface area contributed by atoms with Crippen LogP contribution in [0.25, 0.3) is 0 Å². The van der Waals surface area contributed by atoms with Crippen molar-refractivity contribution in [2.45, 2.75) is 0 Å². The van der Waals surface area contributed by atoms with E-state index in [0.717, 1.165) is 0 Å². The van der Waals surface area contributed by atoms with Crippen LogP contribution in [0.15, 0.2) is 40.8 Å². The molecule has 18 heavy (non-hydrogen) atoms. The summed E-state index contributed by atoms with van der Waals surface area (Å²) in [6.07, 6.45) is 1.43. The predicted octanol–water partition coefficient (Wildman–Crippen LogP) is 3.82. The van der Waals surface area contributed by atoms with Gasteiger partial charge in [0.05, 0.1) is 21.1 Å². The summed E-state index contributed by atoms with van der Waals surface area (Å²) in [7, 11) is 0. The maximum Gasteiger partial charge on any atom is 0.281 e. The van der Waals surface area contributed by atoms with Crippen molar-refractivity contribution < 1.29 is 4.79 Å². The zero-order valence-corrected chi connectivity index (χ0v) is 11.4. The average molecular weight is 299 g/mol. The molecule has 0 unspecified atom stereocenters. The molecule has 0 atom stereocenters. The van der Waals surface area contributed by atoms with Crippen LogP contribution in [0.4, 0.5) is 0 Å². The van der Waals surface area contributed by atoms with Crippen LogP contribution in [0.2, 0.25) is 10.0 Å². The normalized spacial score (nSPS) is 10.8. The minimum atomic E-state index is -0.260. The Morgan fingerprint density at radius 3 is 2.56 bits per heavy atom. The van der Waals surface area contributed by atoms with Gasteiger partial charge in [-0.1, -0.05) is 35.3 Å². The van der Waals surface area contributed by atoms with Crippen LogP contribution in [-0.4, -0.2) is 12.1 Å². The number of rotatable bonds is 3. The fraction of sp³-hybridized carbons (Fsp3) is 0. The molecule has 6 heteroatoms. The molecule has 0 saturated heterocycles. The van der Waals surface area contributed by atoms with Gasteiger partial charge in [0.25, 0.3) is 5.91 Å². The minimum Gasteiger partial charge on any atom is -0.266 e. The Morgan fingerprint density at radius 2 is 1.94 bits per heavy atom. The third-order valence-electron chi connectivity index (χ3n) is 2.10. The molecule has 2 aromatic rings. The fourth-order valence-corrected chi connectivity index (χ4v) is 2.36. The van der Waals surface area contributed by atoms with E-state index >= 15 is 0 Å². The highest BCUT2D eigenvalue weighted by Crippen LogP contribution is 2.22. The first kappa shape index (κ1) is 13.1. The van der Waals surface area contributed by atoms with Crippen LogP contribution >= 0.6 is 34.5 Å². The van der Waals surface area contributed by atoms with E-state index < -0.39 is 0 Å². The Kier molecular flexibility index (Phi) is 4.36. The van der Waals surface area contributed by atoms with Crippen molar-refractivity contribution in [1.29, 1.82) is 0 Å². The van der Waals surface area contributed by atoms with Crippen LogP contribution in [0, 0.1) is 0 Å². The molecule has 0 radical (unpaired) electrons. The number of nitrogens with zero attached hydrogens (tertiary/aromatic N) is 1. The summed E-state index contributed by atoms with van der Waals surface area (Å²) in [5.74, 6) is -0.260. The van der Waals surface area contributed by atoms with Crippen molar-refractivity contribution in [1.82, 2.24) is 5.43 Å². The molecule has 0 spiro atoms. The smallest absolute Gasteiger partial charge is 0.266 e. The molecular formula is C12H8Cl2N2OS. The Bertz CT molecular complexity index is 562. The third-order valence-corrected chi connectivity index (χ3v) is 3.63. The molecule has 1 heterocycles. The summed E-state index contributed by atoms with van der Waals surface area (Å²) >= 11 is 13.3. The van der Waals surface area contributed by atoms with Crippen LogP contribution in [0.5, 0.6) is 0 Å². The first-order valence-electron chi connectivity index (χ1n) is 4.99. The molecule has 1 aromatic carbocycles. The molecule has 3 nitrogen and oxygen atoms in total. The summed E-state index contributed by atoms with van der Waals surface area (Å²) < 4.78 is 0. The zero-order valence-electron chi connectivity index (χ0n) is 9.06. The highest BCUT2D eigenvalue weighted by Gasteiger charge is 2.05. The van der Waals surface area contributed by atoms with Crippen LogP contribution < -0.4 is 5.43 Å². The van der Waals surface area contributed by atoms with Gasteiger partial charge in [0, 0.05) is 5.56 Å². The highest BCUT2D eigenvalue weighted by atomic mass is 35.5. The second kappa shape index (κ2) is 6.00. The monoisotopic (exact) mass is 298 g/mol. The van der Waals surface area contributed by atoms with E-state index in [2.05, 4.69) is 10.5 Å². The topological polar surface area (TPSA) is 41.5 Å². The molecular weight excluding hydrogens is 291 g/mol. The van der Waals surface area contributed by atoms with Crippen molar-refractivity contribution >= 4 is 46.7 Å². The van der Waals surface area contributed by atoms with Gasteiger partial charge in [0.2, 0.25) is 0 Å². The molecule has 0 bridgehead atoms. The largest absolute Gasteiger partial charge is 0.281 e. The molecule has 1 aromatic heterocycles. The number of nitrogens with one attached hydrogen (secondary N) is 1. The molecule has 0 saturated carbocycles. The maximum absolute atomic E-state index is 11.6. The number of carbonyl (C=O) groups is 1. The molecule has 2 rings (SSSR count). The van der Waals surface area contributed by atoms with Gasteiger partial charge in [-0.25, -0.2) is 5.43 Å². The lowest BCUT2D eigenvalue weighted by Crippen LogP contribution is -2.16. The van der Waals surface area contributed by atoms with Gasteiger partial charge in [-0.2, -0.15) is 5.10 Å². The maximum atomic E-state index is 11.6. The van der Waals surface area contributed by atoms with Crippen LogP contribution in [0.3, 0.4) is 0 Å². The second-order valence-electron chi connectivity index (χ2n) is 3.31. The van der Waals surface area contributed by atoms with Crippen molar-refractivity contribution in [3.63, 3.8) is 0 Å². The first-order chi connectivity index (χ1) is 8.68. The van der Waals surface area contributed by atoms with Crippen LogP contribution in [0.1, 0.15) is 15.2 Å². The number of thiophene rings is 1. The molecule has 1 N–H and O–H groups in total. The Morgan fingerprint density at radius 1 is 1.22 bits per heavy atom. The lowest BCUT2D eigenvalue weighted by atomic mass is 10.2. The average Bonchev–Trinajstić information content (AvgIpc) is 2.86. The second-order valence-corrected chi connectivity index (χ2v) is 5.07. The summed E-state index contributed by atoms with van der Waals surface area (Å²) in [4.78, 5) is 12.2. The quantitative estimate of drug-likeness (QED) is 0.679. The standard InChI is InChI=1S/C12H8Cl2N2OS/c13-9-3-1-4-10(14)8(9)7-15-16-12(17)11-5-2-6-18-11/h1-7H,(H,16,17). The first-order valence-corrected chi connectivity index (χ1v) is 6.63. The van der Waals surface area contributed by atoms with E-state index in [1.165, 1.54) is 17.6 Å². The van der Waals surface area contributed by atoms with Gasteiger partial charge >= 0.3 is 0 Å². The van der Waals surface area contributed by atoms with Gasteiger partial charge in [0.1, 0.15) is 0 Å². The number of halogens is 2. The molecule has 1 amide bonds. The number of hydrogen-bond donors (Lipinski definition) is 1. The minimum absolute atomic E-state index is 0.260. The zero-order chi connectivity index (χ0) is 13.0. The number of benzene rings is 1. The predicted molar refractivity (Wildman–Crippen MR) is 75.8 cm³/mol. The molecule has 0 aliphatic carbocycles. The summed E-state index contributed by atoms with van der Waals surface area (Å²) in [6, 6.07) is 8.67. The summed E-state index contributed by atoms with van der Waals surface area (Å²) in [6.45, 7) is 0. The SMILES string of the molecule is O=C(NN=Cc1c(Cl)cccc1Cl)c1cccs1. The lowest BCUT2D eigenvalue weighted by Gasteiger charge is -2.00. The number of hydrogen-bond acceptors (Lipinski definition) is 3. The fourth-order valence-electron chi connectivity index (χ4n) is 1.25. The Labute approximate surface area is 118 Å². The Hall–Kier alpha value is -1.36. The van der Waals surface area contributed by atoms with E-state index in [9.17, 15) is 4.79 Å². The van der Waals surface area contributed by atoms with E-state index in [4.69, 9.17) is 23.2 Å². The lowest BCUT2D eigenvalue weighted by molar-refractivity contribution is 0.0959. The van der Waals surface area contributed by atoms with Crippen LogP contribution in [-0.2, 0) is 0 Å². The van der Waals surface area contributed by atoms with Crippen molar-refractivity contribution in [2.75, 3.05) is 0 Å². The van der Waals surface area contributed by atoms with E-state index in [-0.39, 0.29) is 5.91 Å². The highest BCUT2D eigenvalue weighted by molar-refractivity contribution is 7.12. The van der Waals surface area contributed by atoms with E-state index in [1.807, 2.05) is 5.38 Å². The van der Waals surface area contributed by atoms with Crippen molar-refractivity contribution in [2.24, 2.45) is 5.10 Å². The number of amides is 1. The Balaban J connectivity index is 2.06.